The molecule has 0 saturated heterocycles. The second-order valence-corrected chi connectivity index (χ2v) is 7.36. The molecule has 0 amide bonds. The van der Waals surface area contributed by atoms with E-state index in [1.807, 2.05) is 0 Å². The molecule has 112 valence electrons. The highest BCUT2D eigenvalue weighted by Crippen LogP contribution is 2.43. The summed E-state index contributed by atoms with van der Waals surface area (Å²) in [5.41, 5.74) is 0.263. The van der Waals surface area contributed by atoms with Crippen molar-refractivity contribution in [1.29, 1.82) is 0 Å². The molecule has 2 aliphatic carbocycles. The molecule has 4 unspecified atom stereocenters. The third-order valence-electron chi connectivity index (χ3n) is 4.95. The fraction of sp³-hybridized carbons (Fsp3) is 1.00. The van der Waals surface area contributed by atoms with Crippen LogP contribution in [0.15, 0.2) is 0 Å². The van der Waals surface area contributed by atoms with E-state index in [0.717, 1.165) is 19.3 Å². The van der Waals surface area contributed by atoms with Gasteiger partial charge in [0.05, 0.1) is 5.92 Å². The van der Waals surface area contributed by atoms with Gasteiger partial charge in [0.1, 0.15) is 0 Å². The van der Waals surface area contributed by atoms with E-state index in [2.05, 4.69) is 26.1 Å². The Balaban J connectivity index is 2.00. The lowest BCUT2D eigenvalue weighted by Gasteiger charge is -2.36. The average molecular weight is 277 g/mol. The van der Waals surface area contributed by atoms with Crippen LogP contribution in [0.25, 0.3) is 0 Å². The SMILES string of the molecule is CC1CC(C)(C)CC1NC1CCCCC1C(F)(F)F. The van der Waals surface area contributed by atoms with E-state index in [1.54, 1.807) is 0 Å². The van der Waals surface area contributed by atoms with Crippen molar-refractivity contribution < 1.29 is 13.2 Å². The van der Waals surface area contributed by atoms with Gasteiger partial charge in [-0.2, -0.15) is 13.2 Å². The lowest BCUT2D eigenvalue weighted by atomic mass is 9.83. The van der Waals surface area contributed by atoms with Gasteiger partial charge >= 0.3 is 6.18 Å². The van der Waals surface area contributed by atoms with Crippen LogP contribution < -0.4 is 5.32 Å². The Morgan fingerprint density at radius 1 is 1.00 bits per heavy atom. The Hall–Kier alpha value is -0.250. The lowest BCUT2D eigenvalue weighted by molar-refractivity contribution is -0.189. The van der Waals surface area contributed by atoms with Crippen molar-refractivity contribution >= 4 is 0 Å². The van der Waals surface area contributed by atoms with E-state index in [0.29, 0.717) is 25.2 Å². The van der Waals surface area contributed by atoms with Gasteiger partial charge in [0.15, 0.2) is 0 Å². The first kappa shape index (κ1) is 15.1. The van der Waals surface area contributed by atoms with Crippen molar-refractivity contribution in [2.45, 2.75) is 77.6 Å². The highest BCUT2D eigenvalue weighted by atomic mass is 19.4. The van der Waals surface area contributed by atoms with Crippen molar-refractivity contribution in [3.05, 3.63) is 0 Å². The number of rotatable bonds is 2. The molecule has 4 atom stereocenters. The van der Waals surface area contributed by atoms with Crippen LogP contribution in [0.3, 0.4) is 0 Å². The second kappa shape index (κ2) is 5.27. The van der Waals surface area contributed by atoms with Crippen molar-refractivity contribution in [3.63, 3.8) is 0 Å². The largest absolute Gasteiger partial charge is 0.393 e. The summed E-state index contributed by atoms with van der Waals surface area (Å²) in [6, 6.07) is -0.113. The number of hydrogen-bond donors (Lipinski definition) is 1. The summed E-state index contributed by atoms with van der Waals surface area (Å²) in [7, 11) is 0. The zero-order valence-corrected chi connectivity index (χ0v) is 12.2. The lowest BCUT2D eigenvalue weighted by Crippen LogP contribution is -2.50. The van der Waals surface area contributed by atoms with E-state index in [1.165, 1.54) is 0 Å². The maximum Gasteiger partial charge on any atom is 0.393 e. The van der Waals surface area contributed by atoms with E-state index in [4.69, 9.17) is 0 Å². The summed E-state index contributed by atoms with van der Waals surface area (Å²) >= 11 is 0. The van der Waals surface area contributed by atoms with E-state index in [9.17, 15) is 13.2 Å². The van der Waals surface area contributed by atoms with Crippen LogP contribution in [0, 0.1) is 17.3 Å². The standard InChI is InChI=1S/C15H26F3N/c1-10-8-14(2,3)9-13(10)19-12-7-5-4-6-11(12)15(16,17)18/h10-13,19H,4-9H2,1-3H3. The predicted octanol–water partition coefficient (Wildman–Crippen LogP) is 4.52. The Morgan fingerprint density at radius 3 is 2.16 bits per heavy atom. The van der Waals surface area contributed by atoms with Gasteiger partial charge in [-0.1, -0.05) is 33.6 Å². The molecular formula is C15H26F3N. The fourth-order valence-corrected chi connectivity index (χ4v) is 4.11. The van der Waals surface area contributed by atoms with Gasteiger partial charge in [-0.15, -0.1) is 0 Å². The van der Waals surface area contributed by atoms with Gasteiger partial charge < -0.3 is 5.32 Å². The smallest absolute Gasteiger partial charge is 0.310 e. The van der Waals surface area contributed by atoms with Crippen molar-refractivity contribution in [2.75, 3.05) is 0 Å². The molecule has 0 aromatic carbocycles. The molecule has 2 fully saturated rings. The van der Waals surface area contributed by atoms with Crippen LogP contribution in [0.1, 0.15) is 59.3 Å². The molecule has 2 rings (SSSR count). The maximum atomic E-state index is 13.1. The average Bonchev–Trinajstić information content (AvgIpc) is 2.51. The molecule has 0 bridgehead atoms. The molecule has 2 aliphatic rings. The minimum absolute atomic E-state index is 0.253. The minimum atomic E-state index is -4.05. The monoisotopic (exact) mass is 277 g/mol. The van der Waals surface area contributed by atoms with Crippen LogP contribution >= 0.6 is 0 Å². The molecule has 2 saturated carbocycles. The fourth-order valence-electron chi connectivity index (χ4n) is 4.11. The van der Waals surface area contributed by atoms with Crippen molar-refractivity contribution in [3.8, 4) is 0 Å². The van der Waals surface area contributed by atoms with E-state index in [-0.39, 0.29) is 17.5 Å². The highest BCUT2D eigenvalue weighted by molar-refractivity contribution is 4.95. The molecule has 0 radical (unpaired) electrons. The quantitative estimate of drug-likeness (QED) is 0.782. The van der Waals surface area contributed by atoms with Crippen LogP contribution in [-0.2, 0) is 0 Å². The summed E-state index contributed by atoms with van der Waals surface area (Å²) in [6.07, 6.45) is 0.668. The summed E-state index contributed by atoms with van der Waals surface area (Å²) in [4.78, 5) is 0. The van der Waals surface area contributed by atoms with E-state index < -0.39 is 12.1 Å². The van der Waals surface area contributed by atoms with Crippen molar-refractivity contribution in [1.82, 2.24) is 5.32 Å². The predicted molar refractivity (Wildman–Crippen MR) is 70.9 cm³/mol. The third kappa shape index (κ3) is 3.65. The van der Waals surface area contributed by atoms with Gasteiger partial charge in [-0.05, 0) is 37.0 Å². The van der Waals surface area contributed by atoms with Gasteiger partial charge in [0, 0.05) is 12.1 Å². The van der Waals surface area contributed by atoms with Gasteiger partial charge in [0.25, 0.3) is 0 Å². The maximum absolute atomic E-state index is 13.1. The molecule has 19 heavy (non-hydrogen) atoms. The third-order valence-corrected chi connectivity index (χ3v) is 4.95. The Kier molecular flexibility index (Phi) is 4.20. The number of nitrogens with one attached hydrogen (secondary N) is 1. The van der Waals surface area contributed by atoms with E-state index >= 15 is 0 Å². The molecule has 0 aromatic rings. The summed E-state index contributed by atoms with van der Waals surface area (Å²) in [6.45, 7) is 6.60. The highest BCUT2D eigenvalue weighted by Gasteiger charge is 2.47. The topological polar surface area (TPSA) is 12.0 Å². The first-order chi connectivity index (χ1) is 8.69. The Morgan fingerprint density at radius 2 is 1.63 bits per heavy atom. The van der Waals surface area contributed by atoms with Crippen LogP contribution in [0.5, 0.6) is 0 Å². The molecule has 1 nitrogen and oxygen atoms in total. The Bertz CT molecular complexity index is 311. The normalized spacial score (nSPS) is 39.5. The van der Waals surface area contributed by atoms with Crippen molar-refractivity contribution in [2.24, 2.45) is 17.3 Å². The summed E-state index contributed by atoms with van der Waals surface area (Å²) < 4.78 is 39.2. The number of alkyl halides is 3. The zero-order chi connectivity index (χ0) is 14.3. The summed E-state index contributed by atoms with van der Waals surface area (Å²) in [5, 5.41) is 3.36. The molecule has 0 heterocycles. The first-order valence-corrected chi connectivity index (χ1v) is 7.52. The van der Waals surface area contributed by atoms with Gasteiger partial charge in [-0.25, -0.2) is 0 Å². The van der Waals surface area contributed by atoms with Gasteiger partial charge in [-0.3, -0.25) is 0 Å². The molecule has 0 aliphatic heterocycles. The first-order valence-electron chi connectivity index (χ1n) is 7.52. The zero-order valence-electron chi connectivity index (χ0n) is 12.2. The molecule has 1 N–H and O–H groups in total. The molecule has 4 heteroatoms. The molecule has 0 aromatic heterocycles. The number of halogens is 3. The van der Waals surface area contributed by atoms with Crippen LogP contribution in [0.2, 0.25) is 0 Å². The number of hydrogen-bond acceptors (Lipinski definition) is 1. The van der Waals surface area contributed by atoms with Gasteiger partial charge in [0.2, 0.25) is 0 Å². The van der Waals surface area contributed by atoms with Crippen LogP contribution in [-0.4, -0.2) is 18.3 Å². The summed E-state index contributed by atoms with van der Waals surface area (Å²) in [5.74, 6) is -0.664. The second-order valence-electron chi connectivity index (χ2n) is 7.36. The Labute approximate surface area is 114 Å². The molecular weight excluding hydrogens is 251 g/mol. The minimum Gasteiger partial charge on any atom is -0.310 e. The van der Waals surface area contributed by atoms with Crippen LogP contribution in [0.4, 0.5) is 13.2 Å². The molecule has 0 spiro atoms.